The SMILES string of the molecule is CC(C)(C)Cc1cccc(CN(Cc2ccccn2)C(c2ccccn2)c2ccccn2)n1. The molecule has 0 aliphatic heterocycles. The third-order valence-electron chi connectivity index (χ3n) is 5.33. The van der Waals surface area contributed by atoms with Crippen LogP contribution in [0.4, 0.5) is 0 Å². The first kappa shape index (κ1) is 22.7. The van der Waals surface area contributed by atoms with Crippen molar-refractivity contribution in [2.45, 2.75) is 46.3 Å². The molecule has 0 spiro atoms. The smallest absolute Gasteiger partial charge is 0.0956 e. The quantitative estimate of drug-likeness (QED) is 0.357. The van der Waals surface area contributed by atoms with Gasteiger partial charge in [-0.3, -0.25) is 24.8 Å². The van der Waals surface area contributed by atoms with Crippen molar-refractivity contribution in [3.63, 3.8) is 0 Å². The Morgan fingerprint density at radius 2 is 1.18 bits per heavy atom. The highest BCUT2D eigenvalue weighted by molar-refractivity contribution is 5.23. The summed E-state index contributed by atoms with van der Waals surface area (Å²) in [5.41, 5.74) is 5.25. The summed E-state index contributed by atoms with van der Waals surface area (Å²) in [6, 6.07) is 24.3. The van der Waals surface area contributed by atoms with Gasteiger partial charge >= 0.3 is 0 Å². The minimum Gasteiger partial charge on any atom is -0.278 e. The molecule has 0 saturated heterocycles. The zero-order valence-corrected chi connectivity index (χ0v) is 19.6. The molecule has 5 heteroatoms. The molecule has 0 unspecified atom stereocenters. The molecule has 0 aliphatic rings. The maximum atomic E-state index is 5.01. The van der Waals surface area contributed by atoms with E-state index in [2.05, 4.69) is 67.1 Å². The van der Waals surface area contributed by atoms with E-state index in [1.165, 1.54) is 0 Å². The van der Waals surface area contributed by atoms with Gasteiger partial charge in [-0.05, 0) is 60.4 Å². The van der Waals surface area contributed by atoms with Crippen molar-refractivity contribution in [1.82, 2.24) is 24.8 Å². The van der Waals surface area contributed by atoms with Gasteiger partial charge in [-0.1, -0.05) is 45.0 Å². The number of hydrogen-bond acceptors (Lipinski definition) is 5. The van der Waals surface area contributed by atoms with Crippen LogP contribution in [0, 0.1) is 5.41 Å². The summed E-state index contributed by atoms with van der Waals surface area (Å²) >= 11 is 0. The summed E-state index contributed by atoms with van der Waals surface area (Å²) in [7, 11) is 0. The van der Waals surface area contributed by atoms with Crippen LogP contribution in [0.1, 0.15) is 55.3 Å². The lowest BCUT2D eigenvalue weighted by Gasteiger charge is -2.31. The normalized spacial score (nSPS) is 11.8. The predicted octanol–water partition coefficient (Wildman–Crippen LogP) is 5.65. The van der Waals surface area contributed by atoms with E-state index >= 15 is 0 Å². The summed E-state index contributed by atoms with van der Waals surface area (Å²) < 4.78 is 0. The second kappa shape index (κ2) is 10.5. The van der Waals surface area contributed by atoms with E-state index in [1.807, 2.05) is 55.0 Å². The van der Waals surface area contributed by atoms with Crippen LogP contribution in [0.2, 0.25) is 0 Å². The van der Waals surface area contributed by atoms with E-state index in [9.17, 15) is 0 Å². The molecule has 168 valence electrons. The number of aromatic nitrogens is 4. The van der Waals surface area contributed by atoms with Gasteiger partial charge in [-0.25, -0.2) is 0 Å². The fraction of sp³-hybridized carbons (Fsp3) is 0.286. The van der Waals surface area contributed by atoms with Gasteiger partial charge in [0.25, 0.3) is 0 Å². The first-order valence-corrected chi connectivity index (χ1v) is 11.4. The lowest BCUT2D eigenvalue weighted by Crippen LogP contribution is -2.31. The van der Waals surface area contributed by atoms with Crippen LogP contribution in [-0.4, -0.2) is 24.8 Å². The maximum Gasteiger partial charge on any atom is 0.0956 e. The second-order valence-electron chi connectivity index (χ2n) is 9.50. The highest BCUT2D eigenvalue weighted by Gasteiger charge is 2.26. The summed E-state index contributed by atoms with van der Waals surface area (Å²) in [4.78, 5) is 21.4. The maximum absolute atomic E-state index is 5.01. The van der Waals surface area contributed by atoms with Gasteiger partial charge in [0, 0.05) is 37.4 Å². The van der Waals surface area contributed by atoms with Gasteiger partial charge in [0.2, 0.25) is 0 Å². The van der Waals surface area contributed by atoms with Crippen LogP contribution in [0.3, 0.4) is 0 Å². The molecule has 0 aliphatic carbocycles. The molecule has 4 aromatic rings. The van der Waals surface area contributed by atoms with Crippen LogP contribution in [-0.2, 0) is 19.5 Å². The molecule has 0 radical (unpaired) electrons. The Labute approximate surface area is 196 Å². The van der Waals surface area contributed by atoms with Gasteiger partial charge in [0.15, 0.2) is 0 Å². The Morgan fingerprint density at radius 1 is 0.636 bits per heavy atom. The molecular weight excluding hydrogens is 406 g/mol. The monoisotopic (exact) mass is 437 g/mol. The largest absolute Gasteiger partial charge is 0.278 e. The molecule has 4 rings (SSSR count). The van der Waals surface area contributed by atoms with E-state index in [0.29, 0.717) is 13.1 Å². The van der Waals surface area contributed by atoms with Crippen molar-refractivity contribution in [2.24, 2.45) is 5.41 Å². The van der Waals surface area contributed by atoms with Crippen molar-refractivity contribution >= 4 is 0 Å². The van der Waals surface area contributed by atoms with Gasteiger partial charge < -0.3 is 0 Å². The van der Waals surface area contributed by atoms with Crippen molar-refractivity contribution in [3.8, 4) is 0 Å². The van der Waals surface area contributed by atoms with E-state index in [1.54, 1.807) is 0 Å². The highest BCUT2D eigenvalue weighted by Crippen LogP contribution is 2.29. The number of pyridine rings is 4. The Morgan fingerprint density at radius 3 is 1.73 bits per heavy atom. The molecule has 4 aromatic heterocycles. The van der Waals surface area contributed by atoms with Crippen LogP contribution in [0.5, 0.6) is 0 Å². The third-order valence-corrected chi connectivity index (χ3v) is 5.33. The standard InChI is InChI=1S/C28H31N5/c1-28(2,3)19-22-12-10-13-24(32-22)21-33(20-23-11-4-7-16-29-23)27(25-14-5-8-17-30-25)26-15-6-9-18-31-26/h4-18,27H,19-21H2,1-3H3. The van der Waals surface area contributed by atoms with E-state index in [0.717, 1.165) is 34.9 Å². The van der Waals surface area contributed by atoms with Crippen LogP contribution in [0.25, 0.3) is 0 Å². The lowest BCUT2D eigenvalue weighted by atomic mass is 9.90. The van der Waals surface area contributed by atoms with E-state index < -0.39 is 0 Å². The molecule has 0 bridgehead atoms. The zero-order valence-electron chi connectivity index (χ0n) is 19.6. The molecule has 0 fully saturated rings. The molecule has 0 amide bonds. The van der Waals surface area contributed by atoms with Gasteiger partial charge in [-0.2, -0.15) is 0 Å². The zero-order chi connectivity index (χ0) is 23.1. The Kier molecular flexibility index (Phi) is 7.20. The molecule has 0 aromatic carbocycles. The van der Waals surface area contributed by atoms with E-state index in [4.69, 9.17) is 15.0 Å². The summed E-state index contributed by atoms with van der Waals surface area (Å²) in [6.45, 7) is 8.04. The topological polar surface area (TPSA) is 54.8 Å². The number of nitrogens with zero attached hydrogens (tertiary/aromatic N) is 5. The summed E-state index contributed by atoms with van der Waals surface area (Å²) in [5, 5.41) is 0. The Bertz CT molecular complexity index is 1090. The van der Waals surface area contributed by atoms with Crippen LogP contribution >= 0.6 is 0 Å². The van der Waals surface area contributed by atoms with Crippen molar-refractivity contribution in [2.75, 3.05) is 0 Å². The van der Waals surface area contributed by atoms with E-state index in [-0.39, 0.29) is 11.5 Å². The average molecular weight is 438 g/mol. The molecule has 0 saturated carbocycles. The van der Waals surface area contributed by atoms with Gasteiger partial charge in [0.05, 0.1) is 28.8 Å². The van der Waals surface area contributed by atoms with Crippen molar-refractivity contribution in [3.05, 3.63) is 120 Å². The second-order valence-corrected chi connectivity index (χ2v) is 9.50. The first-order valence-electron chi connectivity index (χ1n) is 11.4. The molecular formula is C28H31N5. The Hall–Kier alpha value is -3.44. The van der Waals surface area contributed by atoms with Crippen molar-refractivity contribution in [1.29, 1.82) is 0 Å². The number of hydrogen-bond donors (Lipinski definition) is 0. The molecule has 5 nitrogen and oxygen atoms in total. The fourth-order valence-corrected chi connectivity index (χ4v) is 4.01. The minimum absolute atomic E-state index is 0.123. The van der Waals surface area contributed by atoms with Crippen molar-refractivity contribution < 1.29 is 0 Å². The summed E-state index contributed by atoms with van der Waals surface area (Å²) in [5.74, 6) is 0. The predicted molar refractivity (Wildman–Crippen MR) is 131 cm³/mol. The lowest BCUT2D eigenvalue weighted by molar-refractivity contribution is 0.195. The highest BCUT2D eigenvalue weighted by atomic mass is 15.2. The third kappa shape index (κ3) is 6.53. The molecule has 33 heavy (non-hydrogen) atoms. The van der Waals surface area contributed by atoms with Gasteiger partial charge in [0.1, 0.15) is 0 Å². The first-order chi connectivity index (χ1) is 16.0. The minimum atomic E-state index is -0.123. The molecule has 0 atom stereocenters. The number of rotatable bonds is 8. The molecule has 0 N–H and O–H groups in total. The van der Waals surface area contributed by atoms with Crippen LogP contribution in [0.15, 0.2) is 91.4 Å². The molecule has 4 heterocycles. The summed E-state index contributed by atoms with van der Waals surface area (Å²) in [6.07, 6.45) is 6.45. The average Bonchev–Trinajstić information content (AvgIpc) is 2.80. The van der Waals surface area contributed by atoms with Gasteiger partial charge in [-0.15, -0.1) is 0 Å². The van der Waals surface area contributed by atoms with Crippen LogP contribution < -0.4 is 0 Å². The Balaban J connectivity index is 1.73. The fourth-order valence-electron chi connectivity index (χ4n) is 4.01.